The number of hydrogen-bond acceptors (Lipinski definition) is 3. The van der Waals surface area contributed by atoms with Gasteiger partial charge in [-0.15, -0.1) is 0 Å². The highest BCUT2D eigenvalue weighted by Crippen LogP contribution is 2.14. The molecule has 0 amide bonds. The van der Waals surface area contributed by atoms with Gasteiger partial charge in [0.2, 0.25) is 0 Å². The van der Waals surface area contributed by atoms with E-state index in [2.05, 4.69) is 5.32 Å². The fourth-order valence-electron chi connectivity index (χ4n) is 1.09. The lowest BCUT2D eigenvalue weighted by atomic mass is 10.1. The molecule has 68 valence electrons. The van der Waals surface area contributed by atoms with Crippen molar-refractivity contribution >= 4 is 11.9 Å². The van der Waals surface area contributed by atoms with Gasteiger partial charge in [0.05, 0.1) is 7.79 Å². The summed E-state index contributed by atoms with van der Waals surface area (Å²) in [5, 5.41) is 19.5. The zero-order valence-electron chi connectivity index (χ0n) is 8.28. The standard InChI is InChI=1S/C7H11NO4/c9-6(10)3-4-1-2-5(8-4)7(11)12/h4-5,8H,1-3H2,(H,9,10)(H,11,12)/t4-,5-/m0/s1/i2D,5D/t2-,4-,5-. The van der Waals surface area contributed by atoms with Gasteiger partial charge in [0.1, 0.15) is 6.02 Å². The molecule has 5 heteroatoms. The Morgan fingerprint density at radius 2 is 2.33 bits per heavy atom. The van der Waals surface area contributed by atoms with Gasteiger partial charge in [0.15, 0.2) is 0 Å². The van der Waals surface area contributed by atoms with E-state index < -0.39 is 30.4 Å². The van der Waals surface area contributed by atoms with Crippen LogP contribution >= 0.6 is 0 Å². The van der Waals surface area contributed by atoms with Crippen molar-refractivity contribution in [2.24, 2.45) is 0 Å². The second kappa shape index (κ2) is 3.53. The summed E-state index contributed by atoms with van der Waals surface area (Å²) in [6.45, 7) is 0. The van der Waals surface area contributed by atoms with Gasteiger partial charge in [-0.05, 0) is 12.8 Å². The van der Waals surface area contributed by atoms with Gasteiger partial charge in [0.25, 0.3) is 0 Å². The van der Waals surface area contributed by atoms with Gasteiger partial charge >= 0.3 is 11.9 Å². The van der Waals surface area contributed by atoms with E-state index >= 15 is 0 Å². The summed E-state index contributed by atoms with van der Waals surface area (Å²) in [5.74, 6) is -2.50. The van der Waals surface area contributed by atoms with Crippen molar-refractivity contribution in [3.05, 3.63) is 0 Å². The van der Waals surface area contributed by atoms with Crippen LogP contribution in [-0.2, 0) is 9.59 Å². The third kappa shape index (κ3) is 2.20. The molecule has 0 aromatic rings. The highest BCUT2D eigenvalue weighted by atomic mass is 16.4. The van der Waals surface area contributed by atoms with Gasteiger partial charge in [-0.3, -0.25) is 9.59 Å². The van der Waals surface area contributed by atoms with Crippen molar-refractivity contribution in [3.8, 4) is 0 Å². The van der Waals surface area contributed by atoms with Crippen molar-refractivity contribution in [2.45, 2.75) is 31.3 Å². The van der Waals surface area contributed by atoms with Crippen molar-refractivity contribution in [1.82, 2.24) is 5.32 Å². The van der Waals surface area contributed by atoms with E-state index in [9.17, 15) is 9.59 Å². The minimum absolute atomic E-state index is 0.0715. The van der Waals surface area contributed by atoms with Gasteiger partial charge in [-0.1, -0.05) is 0 Å². The van der Waals surface area contributed by atoms with Crippen LogP contribution < -0.4 is 5.32 Å². The van der Waals surface area contributed by atoms with E-state index in [1.807, 2.05) is 0 Å². The second-order valence-electron chi connectivity index (χ2n) is 2.60. The number of carboxylic acid groups (broad SMARTS) is 2. The largest absolute Gasteiger partial charge is 0.481 e. The lowest BCUT2D eigenvalue weighted by Crippen LogP contribution is -2.36. The van der Waals surface area contributed by atoms with Crippen molar-refractivity contribution in [2.75, 3.05) is 0 Å². The Labute approximate surface area is 72.2 Å². The average Bonchev–Trinajstić information content (AvgIpc) is 2.27. The van der Waals surface area contributed by atoms with E-state index in [1.54, 1.807) is 0 Å². The van der Waals surface area contributed by atoms with Crippen molar-refractivity contribution in [3.63, 3.8) is 0 Å². The second-order valence-corrected chi connectivity index (χ2v) is 2.60. The van der Waals surface area contributed by atoms with E-state index in [0.717, 1.165) is 0 Å². The summed E-state index contributed by atoms with van der Waals surface area (Å²) in [6.07, 6.45) is -1.32. The molecule has 5 nitrogen and oxygen atoms in total. The molecule has 1 aliphatic heterocycles. The molecule has 0 radical (unpaired) electrons. The quantitative estimate of drug-likeness (QED) is 0.546. The summed E-state index contributed by atoms with van der Waals surface area (Å²) in [7, 11) is 0. The van der Waals surface area contributed by atoms with Crippen LogP contribution in [-0.4, -0.2) is 34.2 Å². The third-order valence-corrected chi connectivity index (χ3v) is 1.62. The summed E-state index contributed by atoms with van der Waals surface area (Å²) in [4.78, 5) is 21.0. The van der Waals surface area contributed by atoms with Gasteiger partial charge in [-0.2, -0.15) is 0 Å². The number of carboxylic acids is 2. The van der Waals surface area contributed by atoms with Crippen LogP contribution in [0.15, 0.2) is 0 Å². The van der Waals surface area contributed by atoms with Crippen LogP contribution in [0.5, 0.6) is 0 Å². The van der Waals surface area contributed by atoms with E-state index in [-0.39, 0.29) is 12.8 Å². The predicted molar refractivity (Wildman–Crippen MR) is 39.8 cm³/mol. The monoisotopic (exact) mass is 175 g/mol. The topological polar surface area (TPSA) is 86.6 Å². The van der Waals surface area contributed by atoms with Crippen LogP contribution in [0.3, 0.4) is 0 Å². The molecule has 0 aromatic heterocycles. The first kappa shape index (κ1) is 6.42. The Balaban J connectivity index is 2.68. The summed E-state index contributed by atoms with van der Waals surface area (Å²) in [6, 6.07) is -2.68. The van der Waals surface area contributed by atoms with Crippen LogP contribution in [0.1, 0.15) is 22.0 Å². The Bertz CT molecular complexity index is 272. The van der Waals surface area contributed by atoms with Gasteiger partial charge in [-0.25, -0.2) is 0 Å². The maximum absolute atomic E-state index is 10.6. The maximum atomic E-state index is 10.6. The van der Waals surface area contributed by atoms with Crippen molar-refractivity contribution in [1.29, 1.82) is 0 Å². The Hall–Kier alpha value is -1.10. The van der Waals surface area contributed by atoms with E-state index in [0.29, 0.717) is 0 Å². The summed E-state index contributed by atoms with van der Waals surface area (Å²) >= 11 is 0. The molecule has 1 heterocycles. The van der Waals surface area contributed by atoms with Crippen molar-refractivity contribution < 1.29 is 22.5 Å². The minimum Gasteiger partial charge on any atom is -0.481 e. The number of carbonyl (C=O) groups is 2. The first-order valence-electron chi connectivity index (χ1n) is 4.59. The van der Waals surface area contributed by atoms with Gasteiger partial charge < -0.3 is 15.5 Å². The zero-order valence-corrected chi connectivity index (χ0v) is 6.28. The molecule has 0 spiro atoms. The first-order chi connectivity index (χ1) is 6.36. The molecule has 1 saturated heterocycles. The molecule has 3 atom stereocenters. The highest BCUT2D eigenvalue weighted by molar-refractivity contribution is 5.74. The van der Waals surface area contributed by atoms with Crippen LogP contribution in [0.4, 0.5) is 0 Å². The lowest BCUT2D eigenvalue weighted by molar-refractivity contribution is -0.140. The molecule has 0 bridgehead atoms. The molecule has 1 rings (SSSR count). The highest BCUT2D eigenvalue weighted by Gasteiger charge is 2.29. The molecule has 0 aromatic carbocycles. The minimum atomic E-state index is -2.07. The first-order valence-corrected chi connectivity index (χ1v) is 3.51. The van der Waals surface area contributed by atoms with E-state index in [4.69, 9.17) is 13.0 Å². The Morgan fingerprint density at radius 1 is 1.67 bits per heavy atom. The maximum Gasteiger partial charge on any atom is 0.320 e. The molecule has 0 aliphatic carbocycles. The smallest absolute Gasteiger partial charge is 0.320 e. The van der Waals surface area contributed by atoms with Crippen LogP contribution in [0.25, 0.3) is 0 Å². The fourth-order valence-corrected chi connectivity index (χ4v) is 1.09. The lowest BCUT2D eigenvalue weighted by Gasteiger charge is -2.07. The summed E-state index contributed by atoms with van der Waals surface area (Å²) < 4.78 is 14.8. The molecule has 0 unspecified atom stereocenters. The van der Waals surface area contributed by atoms with Gasteiger partial charge in [0, 0.05) is 7.41 Å². The molecule has 1 aliphatic rings. The number of aliphatic carboxylic acids is 2. The fraction of sp³-hybridized carbons (Fsp3) is 0.714. The number of rotatable bonds is 3. The van der Waals surface area contributed by atoms with E-state index in [1.165, 1.54) is 0 Å². The predicted octanol–water partition coefficient (Wildman–Crippen LogP) is -0.334. The number of hydrogen-bond donors (Lipinski definition) is 3. The Kier molecular flexibility index (Phi) is 1.89. The zero-order chi connectivity index (χ0) is 10.9. The molecule has 0 saturated carbocycles. The number of nitrogens with one attached hydrogen (secondary N) is 1. The summed E-state index contributed by atoms with van der Waals surface area (Å²) in [5.41, 5.74) is 0. The average molecular weight is 175 g/mol. The third-order valence-electron chi connectivity index (χ3n) is 1.62. The molecular weight excluding hydrogens is 162 g/mol. The molecule has 3 N–H and O–H groups in total. The molecule has 1 fully saturated rings. The molecular formula is C7H11NO4. The normalized spacial score (nSPS) is 43.3. The molecule has 12 heavy (non-hydrogen) atoms. The van der Waals surface area contributed by atoms with Crippen LogP contribution in [0.2, 0.25) is 0 Å². The Morgan fingerprint density at radius 3 is 2.75 bits per heavy atom. The SMILES string of the molecule is [2H][C@H]1C[C@@H](CC(=O)O)N[C@]1([2H])C(=O)O. The van der Waals surface area contributed by atoms with Crippen LogP contribution in [0, 0.1) is 0 Å².